The van der Waals surface area contributed by atoms with E-state index in [4.69, 9.17) is 9.72 Å². The maximum atomic E-state index is 13.4. The molecule has 0 saturated carbocycles. The number of imidazole rings is 1. The lowest BCUT2D eigenvalue weighted by Crippen LogP contribution is -2.33. The number of nitrogens with one attached hydrogen (secondary N) is 1. The fourth-order valence-electron chi connectivity index (χ4n) is 4.67. The number of aryl methyl sites for hydroxylation is 2. The quantitative estimate of drug-likeness (QED) is 0.455. The van der Waals surface area contributed by atoms with Crippen molar-refractivity contribution in [3.8, 4) is 17.0 Å². The molecule has 0 saturated heterocycles. The molecule has 35 heavy (non-hydrogen) atoms. The average Bonchev–Trinajstić information content (AvgIpc) is 3.39. The van der Waals surface area contributed by atoms with Gasteiger partial charge in [-0.15, -0.1) is 0 Å². The molecule has 10 heteroatoms. The standard InChI is InChI=1S/C25H29N7O3/c1-5-31-10-11-35-24-19(13-26-30(24)4)18-12-17(15-29(3)23(18)34)22(33)28-25-27-20-8-6-7-9-21(20)32(25)16(2)14-31/h6-9,12-13,15-16H,5,10-11,14H2,1-4H3,(H,27,28,33). The van der Waals surface area contributed by atoms with E-state index in [1.54, 1.807) is 31.0 Å². The predicted octanol–water partition coefficient (Wildman–Crippen LogP) is 2.66. The number of aromatic nitrogens is 5. The summed E-state index contributed by atoms with van der Waals surface area (Å²) < 4.78 is 11.2. The Bertz CT molecular complexity index is 1470. The van der Waals surface area contributed by atoms with Gasteiger partial charge in [-0.1, -0.05) is 19.1 Å². The predicted molar refractivity (Wildman–Crippen MR) is 134 cm³/mol. The topological polar surface area (TPSA) is 99.2 Å². The van der Waals surface area contributed by atoms with Gasteiger partial charge in [0, 0.05) is 39.4 Å². The van der Waals surface area contributed by atoms with Crippen LogP contribution in [0, 0.1) is 0 Å². The number of likely N-dealkylation sites (N-methyl/N-ethyl adjacent to an activating group) is 1. The van der Waals surface area contributed by atoms with Crippen LogP contribution in [0.3, 0.4) is 0 Å². The van der Waals surface area contributed by atoms with Crippen LogP contribution in [-0.4, -0.2) is 60.9 Å². The van der Waals surface area contributed by atoms with Crippen LogP contribution >= 0.6 is 0 Å². The second-order valence-corrected chi connectivity index (χ2v) is 8.88. The first kappa shape index (κ1) is 22.9. The second-order valence-electron chi connectivity index (χ2n) is 8.88. The Morgan fingerprint density at radius 3 is 2.77 bits per heavy atom. The maximum absolute atomic E-state index is 13.4. The summed E-state index contributed by atoms with van der Waals surface area (Å²) in [6, 6.07) is 9.48. The molecule has 1 N–H and O–H groups in total. The van der Waals surface area contributed by atoms with Crippen LogP contribution < -0.4 is 15.6 Å². The summed E-state index contributed by atoms with van der Waals surface area (Å²) in [6.45, 7) is 6.94. The van der Waals surface area contributed by atoms with Crippen LogP contribution in [0.25, 0.3) is 22.2 Å². The molecule has 0 aliphatic carbocycles. The van der Waals surface area contributed by atoms with Crippen molar-refractivity contribution in [2.75, 3.05) is 31.6 Å². The molecule has 1 aliphatic rings. The number of pyridine rings is 1. The number of nitrogens with zero attached hydrogens (tertiary/aromatic N) is 6. The van der Waals surface area contributed by atoms with Gasteiger partial charge in [0.2, 0.25) is 11.8 Å². The molecule has 4 heterocycles. The highest BCUT2D eigenvalue weighted by Gasteiger charge is 2.23. The highest BCUT2D eigenvalue weighted by Crippen LogP contribution is 2.29. The number of hydrogen-bond donors (Lipinski definition) is 1. The van der Waals surface area contributed by atoms with Gasteiger partial charge in [0.05, 0.1) is 33.9 Å². The molecule has 0 spiro atoms. The lowest BCUT2D eigenvalue weighted by molar-refractivity contribution is 0.102. The van der Waals surface area contributed by atoms with Gasteiger partial charge in [-0.05, 0) is 31.7 Å². The van der Waals surface area contributed by atoms with Crippen LogP contribution in [0.1, 0.15) is 30.2 Å². The molecule has 0 fully saturated rings. The molecular formula is C25H29N7O3. The highest BCUT2D eigenvalue weighted by molar-refractivity contribution is 6.04. The number of ether oxygens (including phenoxy) is 1. The Morgan fingerprint density at radius 2 is 1.97 bits per heavy atom. The molecule has 10 nitrogen and oxygen atoms in total. The zero-order valence-corrected chi connectivity index (χ0v) is 20.4. The van der Waals surface area contributed by atoms with Crippen molar-refractivity contribution < 1.29 is 9.53 Å². The van der Waals surface area contributed by atoms with E-state index in [0.717, 1.165) is 24.1 Å². The van der Waals surface area contributed by atoms with E-state index < -0.39 is 0 Å². The largest absolute Gasteiger partial charge is 0.476 e. The highest BCUT2D eigenvalue weighted by atomic mass is 16.5. The van der Waals surface area contributed by atoms with Gasteiger partial charge in [0.1, 0.15) is 6.61 Å². The van der Waals surface area contributed by atoms with Gasteiger partial charge >= 0.3 is 0 Å². The third kappa shape index (κ3) is 4.10. The van der Waals surface area contributed by atoms with Crippen molar-refractivity contribution in [2.45, 2.75) is 19.9 Å². The van der Waals surface area contributed by atoms with Crippen LogP contribution in [0.5, 0.6) is 5.88 Å². The normalized spacial score (nSPS) is 17.1. The van der Waals surface area contributed by atoms with E-state index in [0.29, 0.717) is 41.7 Å². The molecule has 5 rings (SSSR count). The smallest absolute Gasteiger partial charge is 0.259 e. The third-order valence-electron chi connectivity index (χ3n) is 6.50. The summed E-state index contributed by atoms with van der Waals surface area (Å²) in [6.07, 6.45) is 3.14. The zero-order chi connectivity index (χ0) is 24.7. The number of amides is 1. The maximum Gasteiger partial charge on any atom is 0.259 e. The molecule has 1 unspecified atom stereocenters. The summed E-state index contributed by atoms with van der Waals surface area (Å²) >= 11 is 0. The number of carbonyl (C=O) groups is 1. The monoisotopic (exact) mass is 475 g/mol. The summed E-state index contributed by atoms with van der Waals surface area (Å²) in [5.41, 5.74) is 2.77. The molecule has 1 aliphatic heterocycles. The Hall–Kier alpha value is -3.92. The van der Waals surface area contributed by atoms with E-state index in [2.05, 4.69) is 33.7 Å². The SMILES string of the molecule is CCN1CCOc2c(cnn2C)-c2cc(cn(C)c2=O)C(=O)Nc2nc3ccccc3n2C(C)C1. The van der Waals surface area contributed by atoms with Crippen molar-refractivity contribution in [2.24, 2.45) is 14.1 Å². The van der Waals surface area contributed by atoms with Gasteiger partial charge in [-0.2, -0.15) is 5.10 Å². The van der Waals surface area contributed by atoms with Gasteiger partial charge in [-0.3, -0.25) is 19.8 Å². The minimum Gasteiger partial charge on any atom is -0.476 e. The van der Waals surface area contributed by atoms with E-state index in [1.165, 1.54) is 10.8 Å². The molecule has 1 amide bonds. The summed E-state index contributed by atoms with van der Waals surface area (Å²) in [7, 11) is 3.40. The Morgan fingerprint density at radius 1 is 1.17 bits per heavy atom. The van der Waals surface area contributed by atoms with E-state index in [9.17, 15) is 9.59 Å². The summed E-state index contributed by atoms with van der Waals surface area (Å²) in [4.78, 5) is 33.5. The molecule has 4 aromatic rings. The first-order valence-electron chi connectivity index (χ1n) is 11.7. The average molecular weight is 476 g/mol. The van der Waals surface area contributed by atoms with Crippen molar-refractivity contribution in [3.63, 3.8) is 0 Å². The Kier molecular flexibility index (Phi) is 5.89. The fraction of sp³-hybridized carbons (Fsp3) is 0.360. The first-order chi connectivity index (χ1) is 16.9. The molecule has 0 radical (unpaired) electrons. The fourth-order valence-corrected chi connectivity index (χ4v) is 4.67. The second kappa shape index (κ2) is 9.03. The Balaban J connectivity index is 1.68. The van der Waals surface area contributed by atoms with Crippen molar-refractivity contribution in [1.29, 1.82) is 0 Å². The number of carbonyl (C=O) groups excluding carboxylic acids is 1. The van der Waals surface area contributed by atoms with Gasteiger partial charge in [-0.25, -0.2) is 9.67 Å². The Labute approximate surface area is 202 Å². The minimum atomic E-state index is -0.348. The number of benzene rings is 1. The summed E-state index contributed by atoms with van der Waals surface area (Å²) in [5.74, 6) is 0.625. The lowest BCUT2D eigenvalue weighted by atomic mass is 10.1. The molecular weight excluding hydrogens is 446 g/mol. The molecule has 1 atom stereocenters. The van der Waals surface area contributed by atoms with Crippen LogP contribution in [0.4, 0.5) is 5.95 Å². The lowest BCUT2D eigenvalue weighted by Gasteiger charge is -2.26. The van der Waals surface area contributed by atoms with Gasteiger partial charge in [0.15, 0.2) is 0 Å². The van der Waals surface area contributed by atoms with Crippen molar-refractivity contribution in [3.05, 3.63) is 58.6 Å². The van der Waals surface area contributed by atoms with Gasteiger partial charge in [0.25, 0.3) is 11.5 Å². The number of fused-ring (bicyclic) bond motifs is 7. The number of anilines is 1. The zero-order valence-electron chi connectivity index (χ0n) is 20.4. The molecule has 1 aromatic carbocycles. The van der Waals surface area contributed by atoms with Crippen molar-refractivity contribution in [1.82, 2.24) is 28.8 Å². The minimum absolute atomic E-state index is 0.0331. The van der Waals surface area contributed by atoms with E-state index in [1.807, 2.05) is 24.3 Å². The number of rotatable bonds is 1. The van der Waals surface area contributed by atoms with Crippen molar-refractivity contribution >= 4 is 22.9 Å². The number of para-hydroxylation sites is 2. The third-order valence-corrected chi connectivity index (χ3v) is 6.50. The molecule has 182 valence electrons. The van der Waals surface area contributed by atoms with Crippen LogP contribution in [0.15, 0.2) is 47.5 Å². The van der Waals surface area contributed by atoms with E-state index in [-0.39, 0.29) is 17.5 Å². The van der Waals surface area contributed by atoms with E-state index >= 15 is 0 Å². The molecule has 2 bridgehead atoms. The van der Waals surface area contributed by atoms with Crippen LogP contribution in [-0.2, 0) is 14.1 Å². The number of hydrogen-bond acceptors (Lipinski definition) is 6. The molecule has 3 aromatic heterocycles. The van der Waals surface area contributed by atoms with Crippen LogP contribution in [0.2, 0.25) is 0 Å². The summed E-state index contributed by atoms with van der Waals surface area (Å²) in [5, 5.41) is 7.30. The first-order valence-corrected chi connectivity index (χ1v) is 11.7. The van der Waals surface area contributed by atoms with Gasteiger partial charge < -0.3 is 13.9 Å².